The lowest BCUT2D eigenvalue weighted by atomic mass is 10.2. The second-order valence-electron chi connectivity index (χ2n) is 5.07. The summed E-state index contributed by atoms with van der Waals surface area (Å²) in [5.74, 6) is 2.43. The molecule has 1 unspecified atom stereocenters. The van der Waals surface area contributed by atoms with E-state index in [1.807, 2.05) is 12.1 Å². The Bertz CT molecular complexity index is 591. The Hall–Kier alpha value is -1.26. The molecular formula is C15H19ClN2O2. The molecule has 0 radical (unpaired) electrons. The molecule has 0 bridgehead atoms. The van der Waals surface area contributed by atoms with Gasteiger partial charge in [-0.15, -0.1) is 11.6 Å². The van der Waals surface area contributed by atoms with E-state index in [9.17, 15) is 0 Å². The zero-order valence-corrected chi connectivity index (χ0v) is 12.4. The van der Waals surface area contributed by atoms with Crippen molar-refractivity contribution in [3.8, 4) is 5.75 Å². The number of fused-ring (bicyclic) bond motifs is 1. The van der Waals surface area contributed by atoms with E-state index in [1.54, 1.807) is 7.11 Å². The summed E-state index contributed by atoms with van der Waals surface area (Å²) in [5.41, 5.74) is 2.09. The molecule has 4 nitrogen and oxygen atoms in total. The molecule has 1 aromatic carbocycles. The third-order valence-electron chi connectivity index (χ3n) is 3.76. The molecule has 0 aliphatic carbocycles. The monoisotopic (exact) mass is 294 g/mol. The molecule has 1 saturated heterocycles. The van der Waals surface area contributed by atoms with E-state index in [4.69, 9.17) is 26.1 Å². The predicted octanol–water partition coefficient (Wildman–Crippen LogP) is 3.01. The topological polar surface area (TPSA) is 36.3 Å². The number of imidazole rings is 1. The molecule has 1 aromatic heterocycles. The van der Waals surface area contributed by atoms with E-state index < -0.39 is 0 Å². The fourth-order valence-electron chi connectivity index (χ4n) is 2.76. The standard InChI is InChI=1S/C15H19ClN2O2/c1-19-11-4-5-14-13(9-11)17-15(6-7-16)18(14)10-12-3-2-8-20-12/h4-5,9,12H,2-3,6-8,10H2,1H3. The summed E-state index contributed by atoms with van der Waals surface area (Å²) in [6, 6.07) is 6.01. The SMILES string of the molecule is COc1ccc2c(c1)nc(CCCl)n2CC1CCCO1. The van der Waals surface area contributed by atoms with Crippen molar-refractivity contribution in [3.05, 3.63) is 24.0 Å². The van der Waals surface area contributed by atoms with Crippen molar-refractivity contribution in [3.63, 3.8) is 0 Å². The minimum absolute atomic E-state index is 0.295. The van der Waals surface area contributed by atoms with Gasteiger partial charge < -0.3 is 14.0 Å². The largest absolute Gasteiger partial charge is 0.497 e. The van der Waals surface area contributed by atoms with Gasteiger partial charge in [-0.2, -0.15) is 0 Å². The number of hydrogen-bond acceptors (Lipinski definition) is 3. The Balaban J connectivity index is 1.99. The van der Waals surface area contributed by atoms with E-state index in [2.05, 4.69) is 10.6 Å². The number of ether oxygens (including phenoxy) is 2. The van der Waals surface area contributed by atoms with Crippen LogP contribution < -0.4 is 4.74 Å². The first-order valence-electron chi connectivity index (χ1n) is 7.02. The quantitative estimate of drug-likeness (QED) is 0.795. The fourth-order valence-corrected chi connectivity index (χ4v) is 2.93. The summed E-state index contributed by atoms with van der Waals surface area (Å²) >= 11 is 5.90. The minimum Gasteiger partial charge on any atom is -0.497 e. The summed E-state index contributed by atoms with van der Waals surface area (Å²) < 4.78 is 13.3. The van der Waals surface area contributed by atoms with Gasteiger partial charge in [0.05, 0.1) is 30.8 Å². The molecule has 1 atom stereocenters. The van der Waals surface area contributed by atoms with Crippen LogP contribution >= 0.6 is 11.6 Å². The molecule has 5 heteroatoms. The average molecular weight is 295 g/mol. The van der Waals surface area contributed by atoms with Crippen LogP contribution in [-0.4, -0.2) is 35.3 Å². The van der Waals surface area contributed by atoms with Crippen molar-refractivity contribution < 1.29 is 9.47 Å². The maximum Gasteiger partial charge on any atom is 0.121 e. The Kier molecular flexibility index (Phi) is 4.13. The number of alkyl halides is 1. The molecule has 0 amide bonds. The Morgan fingerprint density at radius 1 is 1.50 bits per heavy atom. The highest BCUT2D eigenvalue weighted by Gasteiger charge is 2.19. The highest BCUT2D eigenvalue weighted by Crippen LogP contribution is 2.24. The Labute approximate surface area is 123 Å². The third-order valence-corrected chi connectivity index (χ3v) is 3.95. The van der Waals surface area contributed by atoms with Crippen LogP contribution in [0.15, 0.2) is 18.2 Å². The summed E-state index contributed by atoms with van der Waals surface area (Å²) in [5, 5.41) is 0. The van der Waals surface area contributed by atoms with E-state index >= 15 is 0 Å². The van der Waals surface area contributed by atoms with Gasteiger partial charge in [0.15, 0.2) is 0 Å². The normalized spacial score (nSPS) is 18.8. The van der Waals surface area contributed by atoms with Gasteiger partial charge >= 0.3 is 0 Å². The number of nitrogens with zero attached hydrogens (tertiary/aromatic N) is 2. The highest BCUT2D eigenvalue weighted by atomic mass is 35.5. The van der Waals surface area contributed by atoms with Gasteiger partial charge in [0, 0.05) is 25.0 Å². The highest BCUT2D eigenvalue weighted by molar-refractivity contribution is 6.17. The van der Waals surface area contributed by atoms with Crippen LogP contribution in [0.4, 0.5) is 0 Å². The first kappa shape index (κ1) is 13.7. The van der Waals surface area contributed by atoms with Crippen LogP contribution in [0.3, 0.4) is 0 Å². The molecule has 3 rings (SSSR count). The number of aryl methyl sites for hydroxylation is 1. The van der Waals surface area contributed by atoms with E-state index in [-0.39, 0.29) is 0 Å². The van der Waals surface area contributed by atoms with Gasteiger partial charge in [-0.05, 0) is 25.0 Å². The number of hydrogen-bond donors (Lipinski definition) is 0. The van der Waals surface area contributed by atoms with Crippen molar-refractivity contribution >= 4 is 22.6 Å². The second-order valence-corrected chi connectivity index (χ2v) is 5.45. The molecule has 0 saturated carbocycles. The predicted molar refractivity (Wildman–Crippen MR) is 79.7 cm³/mol. The van der Waals surface area contributed by atoms with Crippen molar-refractivity contribution in [2.24, 2.45) is 0 Å². The first-order valence-corrected chi connectivity index (χ1v) is 7.56. The van der Waals surface area contributed by atoms with Crippen molar-refractivity contribution in [2.45, 2.75) is 31.9 Å². The van der Waals surface area contributed by atoms with Gasteiger partial charge in [-0.3, -0.25) is 0 Å². The summed E-state index contributed by atoms with van der Waals surface area (Å²) in [6.45, 7) is 1.73. The third kappa shape index (κ3) is 2.63. The van der Waals surface area contributed by atoms with Gasteiger partial charge in [0.2, 0.25) is 0 Å². The summed E-state index contributed by atoms with van der Waals surface area (Å²) in [7, 11) is 1.67. The zero-order valence-electron chi connectivity index (χ0n) is 11.6. The smallest absolute Gasteiger partial charge is 0.121 e. The Morgan fingerprint density at radius 3 is 3.10 bits per heavy atom. The maximum absolute atomic E-state index is 5.90. The number of halogens is 1. The lowest BCUT2D eigenvalue weighted by Crippen LogP contribution is -2.17. The molecule has 0 spiro atoms. The number of benzene rings is 1. The summed E-state index contributed by atoms with van der Waals surface area (Å²) in [6.07, 6.45) is 3.33. The lowest BCUT2D eigenvalue weighted by Gasteiger charge is -2.13. The fraction of sp³-hybridized carbons (Fsp3) is 0.533. The molecule has 1 aliphatic heterocycles. The van der Waals surface area contributed by atoms with Gasteiger partial charge in [-0.1, -0.05) is 0 Å². The van der Waals surface area contributed by atoms with Crippen molar-refractivity contribution in [1.82, 2.24) is 9.55 Å². The first-order chi connectivity index (χ1) is 9.81. The van der Waals surface area contributed by atoms with E-state index in [1.165, 1.54) is 0 Å². The van der Waals surface area contributed by atoms with Crippen LogP contribution in [0.5, 0.6) is 5.75 Å². The minimum atomic E-state index is 0.295. The molecule has 0 N–H and O–H groups in total. The molecular weight excluding hydrogens is 276 g/mol. The molecule has 2 heterocycles. The Morgan fingerprint density at radius 2 is 2.40 bits per heavy atom. The van der Waals surface area contributed by atoms with Crippen LogP contribution in [0.25, 0.3) is 11.0 Å². The van der Waals surface area contributed by atoms with Crippen LogP contribution in [0.2, 0.25) is 0 Å². The average Bonchev–Trinajstić information content (AvgIpc) is 3.08. The molecule has 20 heavy (non-hydrogen) atoms. The van der Waals surface area contributed by atoms with Gasteiger partial charge in [0.1, 0.15) is 11.6 Å². The lowest BCUT2D eigenvalue weighted by molar-refractivity contribution is 0.0972. The van der Waals surface area contributed by atoms with E-state index in [0.717, 1.165) is 55.0 Å². The number of rotatable bonds is 5. The van der Waals surface area contributed by atoms with Crippen LogP contribution in [-0.2, 0) is 17.7 Å². The van der Waals surface area contributed by atoms with Crippen LogP contribution in [0, 0.1) is 0 Å². The van der Waals surface area contributed by atoms with Gasteiger partial charge in [-0.25, -0.2) is 4.98 Å². The van der Waals surface area contributed by atoms with E-state index in [0.29, 0.717) is 12.0 Å². The molecule has 1 aliphatic rings. The number of aromatic nitrogens is 2. The van der Waals surface area contributed by atoms with Crippen molar-refractivity contribution in [2.75, 3.05) is 19.6 Å². The number of methoxy groups -OCH3 is 1. The molecule has 2 aromatic rings. The van der Waals surface area contributed by atoms with Crippen LogP contribution in [0.1, 0.15) is 18.7 Å². The molecule has 1 fully saturated rings. The molecule has 108 valence electrons. The van der Waals surface area contributed by atoms with Gasteiger partial charge in [0.25, 0.3) is 0 Å². The summed E-state index contributed by atoms with van der Waals surface area (Å²) in [4.78, 5) is 4.70. The maximum atomic E-state index is 5.90. The van der Waals surface area contributed by atoms with Crippen molar-refractivity contribution in [1.29, 1.82) is 0 Å². The second kappa shape index (κ2) is 6.02. The zero-order chi connectivity index (χ0) is 13.9.